The summed E-state index contributed by atoms with van der Waals surface area (Å²) in [5.41, 5.74) is 0. The van der Waals surface area contributed by atoms with Crippen LogP contribution in [0.2, 0.25) is 0 Å². The quantitative estimate of drug-likeness (QED) is 0.582. The zero-order chi connectivity index (χ0) is 5.21. The van der Waals surface area contributed by atoms with Gasteiger partial charge in [0.25, 0.3) is 6.18 Å². The normalized spacial score (nSPS) is 9.57. The molecule has 0 aromatic carbocycles. The van der Waals surface area contributed by atoms with E-state index in [-0.39, 0.29) is 44.9 Å². The van der Waals surface area contributed by atoms with E-state index in [9.17, 15) is 13.2 Å². The number of halogens is 3. The first-order chi connectivity index (χ1) is 2.56. The Labute approximate surface area is 68.7 Å². The summed E-state index contributed by atoms with van der Waals surface area (Å²) in [6.45, 7) is 0. The van der Waals surface area contributed by atoms with E-state index in [1.165, 1.54) is 0 Å². The maximum Gasteiger partial charge on any atom is 0.298 e. The maximum atomic E-state index is 10.4. The van der Waals surface area contributed by atoms with E-state index in [1.807, 2.05) is 0 Å². The standard InChI is InChI=1S/C2F3O.Tb/c3-2(4,5)1-6;/q-1;. The first-order valence-corrected chi connectivity index (χ1v) is 1.02. The summed E-state index contributed by atoms with van der Waals surface area (Å²) in [5, 5.41) is 0. The maximum absolute atomic E-state index is 10.4. The summed E-state index contributed by atoms with van der Waals surface area (Å²) in [7, 11) is 0. The molecule has 0 fully saturated rings. The molecule has 0 saturated heterocycles. The van der Waals surface area contributed by atoms with Crippen molar-refractivity contribution in [2.45, 2.75) is 6.18 Å². The second-order valence-electron chi connectivity index (χ2n) is 0.600. The van der Waals surface area contributed by atoms with Gasteiger partial charge in [-0.2, -0.15) is 6.29 Å². The van der Waals surface area contributed by atoms with Crippen LogP contribution in [-0.2, 0) is 4.79 Å². The average Bonchev–Trinajstić information content (AvgIpc) is 1.35. The number of alkyl halides is 3. The Bertz CT molecular complexity index is 58.4. The van der Waals surface area contributed by atoms with E-state index < -0.39 is 6.18 Å². The van der Waals surface area contributed by atoms with Crippen molar-refractivity contribution < 1.29 is 56.6 Å². The van der Waals surface area contributed by atoms with Crippen LogP contribution in [0.1, 0.15) is 0 Å². The molecule has 0 saturated carbocycles. The Hall–Kier alpha value is 0.746. The SMILES string of the molecule is O=[C-]C(F)(F)F.[Tb]. The van der Waals surface area contributed by atoms with Gasteiger partial charge in [-0.25, -0.2) is 13.2 Å². The second-order valence-corrected chi connectivity index (χ2v) is 0.600. The fourth-order valence-electron chi connectivity index (χ4n) is 0. The fraction of sp³-hybridized carbons (Fsp3) is 0.500. The molecule has 0 bridgehead atoms. The predicted molar refractivity (Wildman–Crippen MR) is 11.7 cm³/mol. The molecule has 0 rings (SSSR count). The summed E-state index contributed by atoms with van der Waals surface area (Å²) < 4.78 is 31.1. The van der Waals surface area contributed by atoms with Crippen molar-refractivity contribution in [3.8, 4) is 0 Å². The Kier molecular flexibility index (Phi) is 5.66. The van der Waals surface area contributed by atoms with Gasteiger partial charge in [0.1, 0.15) is 0 Å². The third kappa shape index (κ3) is 10.8. The summed E-state index contributed by atoms with van der Waals surface area (Å²) in [6.07, 6.45) is -4.91. The van der Waals surface area contributed by atoms with Crippen molar-refractivity contribution >= 4 is 6.29 Å². The summed E-state index contributed by atoms with van der Waals surface area (Å²) in [4.78, 5) is 8.58. The molecule has 5 heteroatoms. The smallest absolute Gasteiger partial charge is 0.298 e. The molecule has 0 aromatic rings. The van der Waals surface area contributed by atoms with Crippen LogP contribution in [0.3, 0.4) is 0 Å². The van der Waals surface area contributed by atoms with Gasteiger partial charge in [0, 0.05) is 38.6 Å². The van der Waals surface area contributed by atoms with Crippen molar-refractivity contribution in [1.82, 2.24) is 0 Å². The van der Waals surface area contributed by atoms with Gasteiger partial charge in [0.15, 0.2) is 0 Å². The van der Waals surface area contributed by atoms with Crippen LogP contribution < -0.4 is 0 Å². The molecule has 0 amide bonds. The Morgan fingerprint density at radius 2 is 1.43 bits per heavy atom. The first-order valence-electron chi connectivity index (χ1n) is 1.02. The summed E-state index contributed by atoms with van der Waals surface area (Å²) >= 11 is 0. The minimum absolute atomic E-state index is 0. The molecule has 0 aromatic heterocycles. The largest absolute Gasteiger partial charge is 0.533 e. The molecular formula is C2F3OTb-. The van der Waals surface area contributed by atoms with Crippen LogP contribution in [0, 0.1) is 38.6 Å². The Morgan fingerprint density at radius 1 is 1.29 bits per heavy atom. The van der Waals surface area contributed by atoms with Gasteiger partial charge in [0.2, 0.25) is 0 Å². The third-order valence-electron chi connectivity index (χ3n) is 0.116. The number of hydrogen-bond acceptors (Lipinski definition) is 1. The topological polar surface area (TPSA) is 17.1 Å². The van der Waals surface area contributed by atoms with Gasteiger partial charge >= 0.3 is 0 Å². The minimum atomic E-state index is -4.76. The molecule has 0 aliphatic carbocycles. The molecule has 0 N–H and O–H groups in total. The second kappa shape index (κ2) is 3.71. The fourth-order valence-corrected chi connectivity index (χ4v) is 0. The molecule has 0 unspecified atom stereocenters. The molecular weight excluding hydrogens is 256 g/mol. The first kappa shape index (κ1) is 10.7. The molecule has 0 aliphatic heterocycles. The van der Waals surface area contributed by atoms with Crippen molar-refractivity contribution in [2.75, 3.05) is 0 Å². The predicted octanol–water partition coefficient (Wildman–Crippen LogP) is 0.658. The molecule has 0 heterocycles. The molecule has 0 spiro atoms. The van der Waals surface area contributed by atoms with Crippen LogP contribution in [-0.4, -0.2) is 12.5 Å². The monoisotopic (exact) mass is 256 g/mol. The third-order valence-corrected chi connectivity index (χ3v) is 0.116. The Morgan fingerprint density at radius 3 is 1.43 bits per heavy atom. The van der Waals surface area contributed by atoms with Gasteiger partial charge in [-0.3, -0.25) is 0 Å². The zero-order valence-corrected chi connectivity index (χ0v) is 5.01. The van der Waals surface area contributed by atoms with Gasteiger partial charge in [0.05, 0.1) is 0 Å². The van der Waals surface area contributed by atoms with Gasteiger partial charge < -0.3 is 4.79 Å². The van der Waals surface area contributed by atoms with Gasteiger partial charge in [-0.1, -0.05) is 0 Å². The van der Waals surface area contributed by atoms with E-state index in [0.29, 0.717) is 0 Å². The van der Waals surface area contributed by atoms with Crippen LogP contribution >= 0.6 is 0 Å². The van der Waals surface area contributed by atoms with E-state index >= 15 is 0 Å². The summed E-state index contributed by atoms with van der Waals surface area (Å²) in [5.74, 6) is 0. The molecule has 0 atom stereocenters. The van der Waals surface area contributed by atoms with E-state index in [2.05, 4.69) is 0 Å². The summed E-state index contributed by atoms with van der Waals surface area (Å²) in [6, 6.07) is 0. The Balaban J connectivity index is 0. The van der Waals surface area contributed by atoms with Crippen LogP contribution in [0.25, 0.3) is 0 Å². The van der Waals surface area contributed by atoms with Crippen molar-refractivity contribution in [3.05, 3.63) is 0 Å². The van der Waals surface area contributed by atoms with Crippen LogP contribution in [0.4, 0.5) is 13.2 Å². The average molecular weight is 256 g/mol. The van der Waals surface area contributed by atoms with Crippen molar-refractivity contribution in [2.24, 2.45) is 0 Å². The zero-order valence-electron chi connectivity index (χ0n) is 2.88. The number of rotatable bonds is 0. The van der Waals surface area contributed by atoms with Crippen molar-refractivity contribution in [3.63, 3.8) is 0 Å². The van der Waals surface area contributed by atoms with Gasteiger partial charge in [-0.05, 0) is 0 Å². The molecule has 7 heavy (non-hydrogen) atoms. The molecule has 45 valence electrons. The molecule has 1 nitrogen and oxygen atoms in total. The van der Waals surface area contributed by atoms with Gasteiger partial charge in [-0.15, -0.1) is 0 Å². The van der Waals surface area contributed by atoms with Crippen LogP contribution in [0.5, 0.6) is 0 Å². The minimum Gasteiger partial charge on any atom is -0.533 e. The number of hydrogen-bond donors (Lipinski definition) is 0. The molecule has 1 radical (unpaired) electrons. The van der Waals surface area contributed by atoms with E-state index in [0.717, 1.165) is 0 Å². The van der Waals surface area contributed by atoms with Crippen LogP contribution in [0.15, 0.2) is 0 Å². The van der Waals surface area contributed by atoms with E-state index in [4.69, 9.17) is 4.79 Å². The van der Waals surface area contributed by atoms with E-state index in [1.54, 1.807) is 0 Å². The van der Waals surface area contributed by atoms with Crippen molar-refractivity contribution in [1.29, 1.82) is 0 Å². The number of carbonyl (C=O) groups excluding carboxylic acids is 1. The molecule has 0 aliphatic rings.